The number of hydrogen-bond donors (Lipinski definition) is 0. The highest BCUT2D eigenvalue weighted by atomic mass is 16.2. The monoisotopic (exact) mass is 314 g/mol. The molecule has 0 aromatic heterocycles. The Hall–Kier alpha value is -1.65. The summed E-state index contributed by atoms with van der Waals surface area (Å²) in [6, 6.07) is 0. The topological polar surface area (TPSA) is 57.7 Å². The molecule has 0 aromatic rings. The van der Waals surface area contributed by atoms with E-state index in [9.17, 15) is 14.4 Å². The molecule has 4 aliphatic carbocycles. The minimum absolute atomic E-state index is 0.0422. The van der Waals surface area contributed by atoms with Crippen LogP contribution in [-0.2, 0) is 14.4 Å². The van der Waals surface area contributed by atoms with E-state index in [2.05, 4.69) is 12.2 Å². The SMILES string of the molecule is O=C(CN1C(=O)C2C3C=CC(C4CC34)C2C1=O)N1CCCCC1. The van der Waals surface area contributed by atoms with E-state index in [1.54, 1.807) is 0 Å². The molecule has 6 unspecified atom stereocenters. The van der Waals surface area contributed by atoms with Crippen molar-refractivity contribution in [2.24, 2.45) is 35.5 Å². The standard InChI is InChI=1S/C18H22N2O3/c21-14(19-6-2-1-3-7-19)9-20-17(22)15-10-4-5-11(13-8-12(10)13)16(15)18(20)23/h4-5,10-13,15-16H,1-3,6-9H2. The molecule has 5 nitrogen and oxygen atoms in total. The molecule has 0 aromatic carbocycles. The molecular weight excluding hydrogens is 292 g/mol. The quantitative estimate of drug-likeness (QED) is 0.565. The van der Waals surface area contributed by atoms with Crippen LogP contribution in [0.3, 0.4) is 0 Å². The predicted octanol–water partition coefficient (Wildman–Crippen LogP) is 1.05. The van der Waals surface area contributed by atoms with Gasteiger partial charge in [0.1, 0.15) is 6.54 Å². The zero-order valence-electron chi connectivity index (χ0n) is 13.2. The smallest absolute Gasteiger partial charge is 0.242 e. The van der Waals surface area contributed by atoms with Crippen LogP contribution in [0.4, 0.5) is 0 Å². The summed E-state index contributed by atoms with van der Waals surface area (Å²) >= 11 is 0. The molecule has 6 aliphatic rings. The van der Waals surface area contributed by atoms with E-state index >= 15 is 0 Å². The molecule has 3 amide bonds. The minimum atomic E-state index is -0.185. The largest absolute Gasteiger partial charge is 0.341 e. The first kappa shape index (κ1) is 13.8. The maximum atomic E-state index is 12.8. The van der Waals surface area contributed by atoms with Crippen LogP contribution in [0, 0.1) is 35.5 Å². The lowest BCUT2D eigenvalue weighted by atomic mass is 9.63. The van der Waals surface area contributed by atoms with E-state index in [1.165, 1.54) is 11.3 Å². The summed E-state index contributed by atoms with van der Waals surface area (Å²) in [7, 11) is 0. The molecule has 6 rings (SSSR count). The number of nitrogens with zero attached hydrogens (tertiary/aromatic N) is 2. The third-order valence-corrected chi connectivity index (χ3v) is 6.76. The van der Waals surface area contributed by atoms with Crippen molar-refractivity contribution in [2.45, 2.75) is 25.7 Å². The summed E-state index contributed by atoms with van der Waals surface area (Å²) in [5.74, 6) is 1.09. The van der Waals surface area contributed by atoms with Crippen molar-refractivity contribution in [3.05, 3.63) is 12.2 Å². The minimum Gasteiger partial charge on any atom is -0.341 e. The second-order valence-electron chi connectivity index (χ2n) is 7.86. The summed E-state index contributed by atoms with van der Waals surface area (Å²) in [5.41, 5.74) is 0. The Morgan fingerprint density at radius 2 is 1.52 bits per heavy atom. The van der Waals surface area contributed by atoms with Crippen LogP contribution in [0.25, 0.3) is 0 Å². The van der Waals surface area contributed by atoms with Crippen molar-refractivity contribution in [1.29, 1.82) is 0 Å². The summed E-state index contributed by atoms with van der Waals surface area (Å²) in [6.07, 6.45) is 8.71. The molecule has 6 atom stereocenters. The molecule has 0 radical (unpaired) electrons. The van der Waals surface area contributed by atoms with Gasteiger partial charge in [-0.3, -0.25) is 19.3 Å². The molecule has 5 heteroatoms. The predicted molar refractivity (Wildman–Crippen MR) is 81.8 cm³/mol. The van der Waals surface area contributed by atoms with Crippen LogP contribution < -0.4 is 0 Å². The van der Waals surface area contributed by atoms with Crippen LogP contribution in [0.2, 0.25) is 0 Å². The van der Waals surface area contributed by atoms with Crippen LogP contribution >= 0.6 is 0 Å². The maximum Gasteiger partial charge on any atom is 0.242 e. The fraction of sp³-hybridized carbons (Fsp3) is 0.722. The Morgan fingerprint density at radius 3 is 2.09 bits per heavy atom. The van der Waals surface area contributed by atoms with E-state index in [4.69, 9.17) is 0 Å². The van der Waals surface area contributed by atoms with Gasteiger partial charge in [-0.2, -0.15) is 0 Å². The van der Waals surface area contributed by atoms with Crippen molar-refractivity contribution >= 4 is 17.7 Å². The molecule has 2 aliphatic heterocycles. The van der Waals surface area contributed by atoms with Gasteiger partial charge in [-0.1, -0.05) is 12.2 Å². The van der Waals surface area contributed by atoms with Gasteiger partial charge in [0, 0.05) is 13.1 Å². The van der Waals surface area contributed by atoms with Crippen molar-refractivity contribution in [3.63, 3.8) is 0 Å². The maximum absolute atomic E-state index is 12.8. The lowest BCUT2D eigenvalue weighted by Gasteiger charge is -2.37. The van der Waals surface area contributed by atoms with Crippen molar-refractivity contribution in [3.8, 4) is 0 Å². The molecule has 0 N–H and O–H groups in total. The van der Waals surface area contributed by atoms with Gasteiger partial charge < -0.3 is 4.90 Å². The second kappa shape index (κ2) is 4.68. The number of allylic oxidation sites excluding steroid dienone is 2. The van der Waals surface area contributed by atoms with Gasteiger partial charge in [-0.15, -0.1) is 0 Å². The second-order valence-corrected chi connectivity index (χ2v) is 7.86. The molecule has 2 heterocycles. The van der Waals surface area contributed by atoms with Crippen molar-refractivity contribution in [2.75, 3.05) is 19.6 Å². The van der Waals surface area contributed by atoms with Crippen LogP contribution in [0.1, 0.15) is 25.7 Å². The van der Waals surface area contributed by atoms with Crippen molar-refractivity contribution in [1.82, 2.24) is 9.80 Å². The molecule has 2 saturated carbocycles. The van der Waals surface area contributed by atoms with E-state index in [1.807, 2.05) is 4.90 Å². The average Bonchev–Trinajstić information content (AvgIpc) is 3.37. The summed E-state index contributed by atoms with van der Waals surface area (Å²) < 4.78 is 0. The normalized spacial score (nSPS) is 43.7. The van der Waals surface area contributed by atoms with E-state index in [-0.39, 0.29) is 47.9 Å². The summed E-state index contributed by atoms with van der Waals surface area (Å²) in [6.45, 7) is 1.48. The van der Waals surface area contributed by atoms with Crippen molar-refractivity contribution < 1.29 is 14.4 Å². The lowest BCUT2D eigenvalue weighted by Crippen LogP contribution is -2.45. The molecule has 4 fully saturated rings. The zero-order valence-corrected chi connectivity index (χ0v) is 13.2. The highest BCUT2D eigenvalue weighted by Crippen LogP contribution is 2.65. The number of carbonyl (C=O) groups excluding carboxylic acids is 3. The van der Waals surface area contributed by atoms with Gasteiger partial charge in [0.15, 0.2) is 0 Å². The van der Waals surface area contributed by atoms with Crippen LogP contribution in [0.5, 0.6) is 0 Å². The van der Waals surface area contributed by atoms with Gasteiger partial charge in [-0.25, -0.2) is 0 Å². The number of likely N-dealkylation sites (tertiary alicyclic amines) is 2. The number of piperidine rings is 1. The Labute approximate surface area is 135 Å². The summed E-state index contributed by atoms with van der Waals surface area (Å²) in [5, 5.41) is 0. The van der Waals surface area contributed by atoms with Gasteiger partial charge in [-0.05, 0) is 49.4 Å². The number of amides is 3. The van der Waals surface area contributed by atoms with Gasteiger partial charge in [0.25, 0.3) is 0 Å². The lowest BCUT2D eigenvalue weighted by molar-refractivity contribution is -0.147. The summed E-state index contributed by atoms with van der Waals surface area (Å²) in [4.78, 5) is 41.2. The Balaban J connectivity index is 1.36. The fourth-order valence-corrected chi connectivity index (χ4v) is 5.55. The molecule has 0 spiro atoms. The van der Waals surface area contributed by atoms with Gasteiger partial charge in [0.2, 0.25) is 17.7 Å². The zero-order chi connectivity index (χ0) is 15.7. The first-order valence-corrected chi connectivity index (χ1v) is 8.98. The Morgan fingerprint density at radius 1 is 0.957 bits per heavy atom. The first-order chi connectivity index (χ1) is 11.2. The van der Waals surface area contributed by atoms with E-state index < -0.39 is 0 Å². The third kappa shape index (κ3) is 1.82. The molecular formula is C18H22N2O3. The first-order valence-electron chi connectivity index (χ1n) is 8.98. The number of rotatable bonds is 2. The van der Waals surface area contributed by atoms with Crippen LogP contribution in [0.15, 0.2) is 12.2 Å². The van der Waals surface area contributed by atoms with E-state index in [0.29, 0.717) is 11.8 Å². The Kier molecular flexibility index (Phi) is 2.80. The van der Waals surface area contributed by atoms with Gasteiger partial charge in [0.05, 0.1) is 11.8 Å². The molecule has 122 valence electrons. The fourth-order valence-electron chi connectivity index (χ4n) is 5.55. The van der Waals surface area contributed by atoms with E-state index in [0.717, 1.165) is 32.4 Å². The highest BCUT2D eigenvalue weighted by Gasteiger charge is 2.67. The Bertz CT molecular complexity index is 586. The average molecular weight is 314 g/mol. The third-order valence-electron chi connectivity index (χ3n) is 6.76. The number of hydrogen-bond acceptors (Lipinski definition) is 3. The molecule has 2 saturated heterocycles. The molecule has 23 heavy (non-hydrogen) atoms. The van der Waals surface area contributed by atoms with Crippen LogP contribution in [-0.4, -0.2) is 47.2 Å². The molecule has 2 bridgehead atoms. The number of imide groups is 1. The number of carbonyl (C=O) groups is 3. The highest BCUT2D eigenvalue weighted by molar-refractivity contribution is 6.08. The van der Waals surface area contributed by atoms with Gasteiger partial charge >= 0.3 is 0 Å².